The van der Waals surface area contributed by atoms with Crippen LogP contribution in [-0.2, 0) is 9.59 Å². The number of rotatable bonds is 4. The molecule has 0 spiro atoms. The Morgan fingerprint density at radius 1 is 0.853 bits per heavy atom. The predicted octanol–water partition coefficient (Wildman–Crippen LogP) is 4.41. The van der Waals surface area contributed by atoms with Crippen molar-refractivity contribution >= 4 is 18.0 Å². The lowest BCUT2D eigenvalue weighted by atomic mass is 9.55. The van der Waals surface area contributed by atoms with E-state index >= 15 is 0 Å². The second-order valence-corrected chi connectivity index (χ2v) is 9.38. The molecule has 1 saturated heterocycles. The molecular formula is C28H24N2O4. The van der Waals surface area contributed by atoms with E-state index in [1.54, 1.807) is 12.1 Å². The minimum absolute atomic E-state index is 0.0225. The highest BCUT2D eigenvalue weighted by molar-refractivity contribution is 6.08. The van der Waals surface area contributed by atoms with Gasteiger partial charge in [0.05, 0.1) is 24.2 Å². The molecule has 3 aromatic rings. The van der Waals surface area contributed by atoms with Gasteiger partial charge in [-0.05, 0) is 48.2 Å². The van der Waals surface area contributed by atoms with Gasteiger partial charge in [-0.2, -0.15) is 10.1 Å². The number of imide groups is 1. The minimum Gasteiger partial charge on any atom is -0.507 e. The van der Waals surface area contributed by atoms with Crippen molar-refractivity contribution in [2.24, 2.45) is 16.9 Å². The summed E-state index contributed by atoms with van der Waals surface area (Å²) in [5, 5.41) is 15.7. The van der Waals surface area contributed by atoms with Crippen LogP contribution < -0.4 is 4.74 Å². The maximum absolute atomic E-state index is 13.6. The first-order valence-electron chi connectivity index (χ1n) is 11.5. The van der Waals surface area contributed by atoms with E-state index in [-0.39, 0.29) is 35.5 Å². The molecule has 1 fully saturated rings. The van der Waals surface area contributed by atoms with Crippen molar-refractivity contribution in [1.82, 2.24) is 5.01 Å². The van der Waals surface area contributed by atoms with Crippen LogP contribution in [0, 0.1) is 11.8 Å². The van der Waals surface area contributed by atoms with E-state index < -0.39 is 11.8 Å². The molecule has 170 valence electrons. The first-order valence-corrected chi connectivity index (χ1v) is 11.5. The van der Waals surface area contributed by atoms with Gasteiger partial charge in [-0.3, -0.25) is 9.59 Å². The van der Waals surface area contributed by atoms with Crippen LogP contribution in [0.1, 0.15) is 53.5 Å². The van der Waals surface area contributed by atoms with Gasteiger partial charge in [-0.15, -0.1) is 0 Å². The molecule has 0 unspecified atom stereocenters. The zero-order valence-electron chi connectivity index (χ0n) is 18.9. The highest BCUT2D eigenvalue weighted by Crippen LogP contribution is 2.60. The van der Waals surface area contributed by atoms with Crippen LogP contribution in [0.3, 0.4) is 0 Å². The highest BCUT2D eigenvalue weighted by Gasteiger charge is 2.61. The molecule has 0 saturated carbocycles. The average molecular weight is 453 g/mol. The Morgan fingerprint density at radius 3 is 1.79 bits per heavy atom. The average Bonchev–Trinajstić information content (AvgIpc) is 3.08. The van der Waals surface area contributed by atoms with Gasteiger partial charge in [-0.1, -0.05) is 48.5 Å². The van der Waals surface area contributed by atoms with Gasteiger partial charge in [0.15, 0.2) is 0 Å². The standard InChI is InChI=1S/C28H24N2O4/c1-15(2)34-17-12-11-16(22(31)13-17)14-29-30-27(32)25-23-18-7-3-4-8-19(18)24(26(25)28(30)33)21-10-6-5-9-20(21)23/h3-15,23-26,31H,1-2H3/b29-14-/t23?,24?,25-,26-/m1/s1. The van der Waals surface area contributed by atoms with Gasteiger partial charge in [0.2, 0.25) is 0 Å². The normalized spacial score (nSPS) is 24.5. The van der Waals surface area contributed by atoms with Crippen LogP contribution in [-0.4, -0.2) is 34.2 Å². The van der Waals surface area contributed by atoms with Crippen molar-refractivity contribution in [3.05, 3.63) is 94.5 Å². The molecule has 3 aliphatic carbocycles. The largest absolute Gasteiger partial charge is 0.507 e. The summed E-state index contributed by atoms with van der Waals surface area (Å²) < 4.78 is 5.60. The van der Waals surface area contributed by atoms with Crippen LogP contribution in [0.2, 0.25) is 0 Å². The number of hydrogen-bond acceptors (Lipinski definition) is 5. The number of carbonyl (C=O) groups excluding carboxylic acids is 2. The third-order valence-electron chi connectivity index (χ3n) is 7.11. The molecule has 2 bridgehead atoms. The van der Waals surface area contributed by atoms with Gasteiger partial charge in [0, 0.05) is 23.5 Å². The van der Waals surface area contributed by atoms with Gasteiger partial charge in [-0.25, -0.2) is 0 Å². The third kappa shape index (κ3) is 2.91. The quantitative estimate of drug-likeness (QED) is 0.470. The van der Waals surface area contributed by atoms with E-state index in [0.717, 1.165) is 27.3 Å². The van der Waals surface area contributed by atoms with Gasteiger partial charge >= 0.3 is 0 Å². The molecule has 6 heteroatoms. The number of amides is 2. The molecular weight excluding hydrogens is 428 g/mol. The number of benzene rings is 3. The van der Waals surface area contributed by atoms with Gasteiger partial charge in [0.25, 0.3) is 11.8 Å². The van der Waals surface area contributed by atoms with Crippen LogP contribution in [0.15, 0.2) is 71.8 Å². The van der Waals surface area contributed by atoms with Gasteiger partial charge in [0.1, 0.15) is 11.5 Å². The lowest BCUT2D eigenvalue weighted by Gasteiger charge is -2.45. The molecule has 34 heavy (non-hydrogen) atoms. The summed E-state index contributed by atoms with van der Waals surface area (Å²) in [6, 6.07) is 21.1. The number of aromatic hydroxyl groups is 1. The maximum Gasteiger partial charge on any atom is 0.254 e. The lowest BCUT2D eigenvalue weighted by molar-refractivity contribution is -0.139. The Morgan fingerprint density at radius 2 is 1.35 bits per heavy atom. The molecule has 3 aromatic carbocycles. The summed E-state index contributed by atoms with van der Waals surface area (Å²) in [4.78, 5) is 27.1. The maximum atomic E-state index is 13.6. The molecule has 7 rings (SSSR count). The monoisotopic (exact) mass is 452 g/mol. The Labute approximate surface area is 197 Å². The number of phenols is 1. The summed E-state index contributed by atoms with van der Waals surface area (Å²) in [5.41, 5.74) is 4.90. The smallest absolute Gasteiger partial charge is 0.254 e. The van der Waals surface area contributed by atoms with E-state index in [1.807, 2.05) is 38.1 Å². The molecule has 6 nitrogen and oxygen atoms in total. The lowest BCUT2D eigenvalue weighted by Crippen LogP contribution is -2.41. The van der Waals surface area contributed by atoms with Crippen molar-refractivity contribution in [1.29, 1.82) is 0 Å². The summed E-state index contributed by atoms with van der Waals surface area (Å²) in [6.07, 6.45) is 1.34. The second-order valence-electron chi connectivity index (χ2n) is 9.38. The Kier molecular flexibility index (Phi) is 4.59. The summed E-state index contributed by atoms with van der Waals surface area (Å²) in [7, 11) is 0. The zero-order chi connectivity index (χ0) is 23.6. The summed E-state index contributed by atoms with van der Waals surface area (Å²) in [5.74, 6) is -1.35. The van der Waals surface area contributed by atoms with Crippen molar-refractivity contribution in [3.63, 3.8) is 0 Å². The number of nitrogens with zero attached hydrogens (tertiary/aromatic N) is 2. The van der Waals surface area contributed by atoms with Crippen molar-refractivity contribution in [3.8, 4) is 11.5 Å². The van der Waals surface area contributed by atoms with E-state index in [2.05, 4.69) is 29.4 Å². The van der Waals surface area contributed by atoms with E-state index in [9.17, 15) is 14.7 Å². The molecule has 2 amide bonds. The predicted molar refractivity (Wildman–Crippen MR) is 127 cm³/mol. The Hall–Kier alpha value is -3.93. The minimum atomic E-state index is -0.477. The first-order chi connectivity index (χ1) is 16.5. The zero-order valence-corrected chi connectivity index (χ0v) is 18.9. The van der Waals surface area contributed by atoms with E-state index in [4.69, 9.17) is 4.74 Å². The fraction of sp³-hybridized carbons (Fsp3) is 0.250. The van der Waals surface area contributed by atoms with Crippen molar-refractivity contribution < 1.29 is 19.4 Å². The number of hydrazone groups is 1. The van der Waals surface area contributed by atoms with Gasteiger partial charge < -0.3 is 9.84 Å². The summed E-state index contributed by atoms with van der Waals surface area (Å²) in [6.45, 7) is 3.81. The topological polar surface area (TPSA) is 79.2 Å². The molecule has 1 N–H and O–H groups in total. The third-order valence-corrected chi connectivity index (χ3v) is 7.11. The molecule has 2 atom stereocenters. The van der Waals surface area contributed by atoms with Crippen LogP contribution in [0.25, 0.3) is 0 Å². The summed E-state index contributed by atoms with van der Waals surface area (Å²) >= 11 is 0. The molecule has 0 radical (unpaired) electrons. The molecule has 0 aromatic heterocycles. The van der Waals surface area contributed by atoms with E-state index in [1.165, 1.54) is 12.3 Å². The van der Waals surface area contributed by atoms with Crippen LogP contribution >= 0.6 is 0 Å². The van der Waals surface area contributed by atoms with Crippen LogP contribution in [0.4, 0.5) is 0 Å². The molecule has 1 heterocycles. The van der Waals surface area contributed by atoms with Crippen molar-refractivity contribution in [2.75, 3.05) is 0 Å². The number of ether oxygens (including phenoxy) is 1. The molecule has 1 aliphatic heterocycles. The van der Waals surface area contributed by atoms with Crippen molar-refractivity contribution in [2.45, 2.75) is 31.8 Å². The number of hydrogen-bond donors (Lipinski definition) is 1. The molecule has 4 aliphatic rings. The Balaban J connectivity index is 1.36. The first kappa shape index (κ1) is 20.7. The fourth-order valence-corrected chi connectivity index (χ4v) is 5.87. The fourth-order valence-electron chi connectivity index (χ4n) is 5.87. The van der Waals surface area contributed by atoms with E-state index in [0.29, 0.717) is 11.3 Å². The Bertz CT molecular complexity index is 1250. The SMILES string of the molecule is CC(C)Oc1ccc(/C=N\N2C(=O)[C@@H]3C4c5ccccc5C(c5ccccc54)[C@H]3C2=O)c(O)c1. The second kappa shape index (κ2) is 7.55. The number of phenolic OH excluding ortho intramolecular Hbond substituents is 1. The highest BCUT2D eigenvalue weighted by atomic mass is 16.5. The van der Waals surface area contributed by atoms with Crippen LogP contribution in [0.5, 0.6) is 11.5 Å². The number of carbonyl (C=O) groups is 2.